The maximum atomic E-state index is 13.2. The number of hydrogen-bond acceptors (Lipinski definition) is 6. The van der Waals surface area contributed by atoms with Crippen molar-refractivity contribution in [2.75, 3.05) is 63.1 Å². The Morgan fingerprint density at radius 1 is 1.03 bits per heavy atom. The minimum absolute atomic E-state index is 0.0723. The van der Waals surface area contributed by atoms with Gasteiger partial charge in [0, 0.05) is 50.6 Å². The number of nitrogens with zero attached hydrogens (tertiary/aromatic N) is 3. The molecule has 2 aromatic rings. The molecular formula is C26H33N5O4. The third-order valence-electron chi connectivity index (χ3n) is 6.62. The number of benzene rings is 2. The summed E-state index contributed by atoms with van der Waals surface area (Å²) < 4.78 is 5.23. The van der Waals surface area contributed by atoms with E-state index in [0.717, 1.165) is 43.2 Å². The van der Waals surface area contributed by atoms with Gasteiger partial charge in [0.15, 0.2) is 0 Å². The van der Waals surface area contributed by atoms with Crippen LogP contribution < -0.4 is 20.3 Å². The maximum absolute atomic E-state index is 13.2. The number of amides is 3. The first-order chi connectivity index (χ1) is 16.9. The lowest BCUT2D eigenvalue weighted by molar-refractivity contribution is -0.145. The van der Waals surface area contributed by atoms with Crippen LogP contribution >= 0.6 is 0 Å². The van der Waals surface area contributed by atoms with Crippen LogP contribution in [-0.2, 0) is 14.4 Å². The lowest BCUT2D eigenvalue weighted by Gasteiger charge is -2.39. The minimum atomic E-state index is -0.805. The molecule has 0 saturated carbocycles. The van der Waals surface area contributed by atoms with Crippen LogP contribution in [0.5, 0.6) is 5.75 Å². The predicted octanol–water partition coefficient (Wildman–Crippen LogP) is 1.48. The van der Waals surface area contributed by atoms with Crippen LogP contribution in [0.25, 0.3) is 0 Å². The molecule has 2 N–H and O–H groups in total. The highest BCUT2D eigenvalue weighted by atomic mass is 16.5. The van der Waals surface area contributed by atoms with Crippen LogP contribution in [0.1, 0.15) is 12.0 Å². The molecular weight excluding hydrogens is 446 g/mol. The standard InChI is InChI=1S/C26H33N5O4/c1-19-5-3-4-6-22(19)28-24(32)17-23-26(34)27-11-12-31(23)25(33)18-29-13-15-30(16-14-29)20-7-9-21(35-2)10-8-20/h3-10,23H,11-18H2,1-2H3,(H,27,34)(H,28,32)/t23-/m0/s1. The SMILES string of the molecule is COc1ccc(N2CCN(CC(=O)N3CCNC(=O)[C@@H]3CC(=O)Nc3ccccc3C)CC2)cc1. The second kappa shape index (κ2) is 11.2. The molecule has 4 rings (SSSR count). The number of aryl methyl sites for hydroxylation is 1. The molecule has 0 radical (unpaired) electrons. The molecule has 2 fully saturated rings. The van der Waals surface area contributed by atoms with Crippen LogP contribution in [0.2, 0.25) is 0 Å². The minimum Gasteiger partial charge on any atom is -0.497 e. The molecule has 2 aliphatic rings. The summed E-state index contributed by atoms with van der Waals surface area (Å²) in [5.41, 5.74) is 2.78. The summed E-state index contributed by atoms with van der Waals surface area (Å²) in [5, 5.41) is 5.66. The summed E-state index contributed by atoms with van der Waals surface area (Å²) in [6.45, 7) is 6.05. The normalized spacial score (nSPS) is 18.7. The Morgan fingerprint density at radius 3 is 2.43 bits per heavy atom. The molecule has 2 aromatic carbocycles. The number of ether oxygens (including phenoxy) is 1. The fourth-order valence-corrected chi connectivity index (χ4v) is 4.55. The van der Waals surface area contributed by atoms with Crippen molar-refractivity contribution < 1.29 is 19.1 Å². The molecule has 0 unspecified atom stereocenters. The molecule has 186 valence electrons. The van der Waals surface area contributed by atoms with E-state index in [-0.39, 0.29) is 30.7 Å². The first-order valence-corrected chi connectivity index (χ1v) is 12.0. The summed E-state index contributed by atoms with van der Waals surface area (Å²) in [7, 11) is 1.65. The molecule has 0 bridgehead atoms. The van der Waals surface area contributed by atoms with Crippen molar-refractivity contribution in [3.63, 3.8) is 0 Å². The zero-order valence-corrected chi connectivity index (χ0v) is 20.3. The number of para-hydroxylation sites is 1. The molecule has 0 aliphatic carbocycles. The molecule has 2 aliphatic heterocycles. The first kappa shape index (κ1) is 24.5. The Kier molecular flexibility index (Phi) is 7.87. The number of carbonyl (C=O) groups excluding carboxylic acids is 3. The van der Waals surface area contributed by atoms with E-state index in [1.807, 2.05) is 55.5 Å². The maximum Gasteiger partial charge on any atom is 0.243 e. The third-order valence-corrected chi connectivity index (χ3v) is 6.62. The Morgan fingerprint density at radius 2 is 1.74 bits per heavy atom. The summed E-state index contributed by atoms with van der Waals surface area (Å²) in [4.78, 5) is 44.4. The molecule has 0 spiro atoms. The van der Waals surface area contributed by atoms with Gasteiger partial charge in [0.25, 0.3) is 0 Å². The Bertz CT molecular complexity index is 1050. The number of rotatable bonds is 7. The van der Waals surface area contributed by atoms with Gasteiger partial charge in [-0.2, -0.15) is 0 Å². The number of nitrogens with one attached hydrogen (secondary N) is 2. The summed E-state index contributed by atoms with van der Waals surface area (Å²) in [6, 6.07) is 14.6. The van der Waals surface area contributed by atoms with Crippen molar-refractivity contribution in [2.24, 2.45) is 0 Å². The van der Waals surface area contributed by atoms with E-state index in [1.165, 1.54) is 0 Å². The number of piperazine rings is 2. The fourth-order valence-electron chi connectivity index (χ4n) is 4.55. The van der Waals surface area contributed by atoms with Gasteiger partial charge in [0.05, 0.1) is 20.1 Å². The number of carbonyl (C=O) groups is 3. The van der Waals surface area contributed by atoms with Gasteiger partial charge in [-0.3, -0.25) is 19.3 Å². The average molecular weight is 480 g/mol. The van der Waals surface area contributed by atoms with Crippen molar-refractivity contribution >= 4 is 29.1 Å². The molecule has 2 saturated heterocycles. The van der Waals surface area contributed by atoms with E-state index in [0.29, 0.717) is 18.8 Å². The Balaban J connectivity index is 1.32. The van der Waals surface area contributed by atoms with Gasteiger partial charge in [-0.25, -0.2) is 0 Å². The second-order valence-corrected chi connectivity index (χ2v) is 8.92. The number of anilines is 2. The third kappa shape index (κ3) is 6.10. The first-order valence-electron chi connectivity index (χ1n) is 12.0. The smallest absolute Gasteiger partial charge is 0.243 e. The van der Waals surface area contributed by atoms with E-state index < -0.39 is 6.04 Å². The monoisotopic (exact) mass is 479 g/mol. The molecule has 2 heterocycles. The summed E-state index contributed by atoms with van der Waals surface area (Å²) in [6.07, 6.45) is -0.0723. The van der Waals surface area contributed by atoms with Gasteiger partial charge < -0.3 is 25.2 Å². The fraction of sp³-hybridized carbons (Fsp3) is 0.423. The van der Waals surface area contributed by atoms with Gasteiger partial charge >= 0.3 is 0 Å². The largest absolute Gasteiger partial charge is 0.497 e. The van der Waals surface area contributed by atoms with E-state index in [9.17, 15) is 14.4 Å². The number of methoxy groups -OCH3 is 1. The van der Waals surface area contributed by atoms with Crippen LogP contribution in [0.4, 0.5) is 11.4 Å². The second-order valence-electron chi connectivity index (χ2n) is 8.92. The average Bonchev–Trinajstić information content (AvgIpc) is 2.87. The lowest BCUT2D eigenvalue weighted by atomic mass is 10.1. The molecule has 9 heteroatoms. The number of hydrogen-bond donors (Lipinski definition) is 2. The summed E-state index contributed by atoms with van der Waals surface area (Å²) in [5.74, 6) is 0.137. The molecule has 0 aromatic heterocycles. The summed E-state index contributed by atoms with van der Waals surface area (Å²) >= 11 is 0. The van der Waals surface area contributed by atoms with Gasteiger partial charge in [-0.05, 0) is 42.8 Å². The zero-order chi connectivity index (χ0) is 24.8. The van der Waals surface area contributed by atoms with E-state index >= 15 is 0 Å². The highest BCUT2D eigenvalue weighted by Gasteiger charge is 2.35. The van der Waals surface area contributed by atoms with Crippen molar-refractivity contribution in [3.8, 4) is 5.75 Å². The van der Waals surface area contributed by atoms with Crippen LogP contribution in [-0.4, -0.2) is 86.5 Å². The van der Waals surface area contributed by atoms with Gasteiger partial charge in [-0.15, -0.1) is 0 Å². The molecule has 9 nitrogen and oxygen atoms in total. The van der Waals surface area contributed by atoms with Gasteiger partial charge in [0.2, 0.25) is 17.7 Å². The van der Waals surface area contributed by atoms with Crippen LogP contribution in [0.15, 0.2) is 48.5 Å². The molecule has 35 heavy (non-hydrogen) atoms. The Labute approximate surface area is 206 Å². The Hall–Kier alpha value is -3.59. The van der Waals surface area contributed by atoms with E-state index in [4.69, 9.17) is 4.74 Å². The highest BCUT2D eigenvalue weighted by Crippen LogP contribution is 2.21. The van der Waals surface area contributed by atoms with Crippen molar-refractivity contribution in [3.05, 3.63) is 54.1 Å². The lowest BCUT2D eigenvalue weighted by Crippen LogP contribution is -2.60. The molecule has 3 amide bonds. The van der Waals surface area contributed by atoms with Crippen LogP contribution in [0.3, 0.4) is 0 Å². The van der Waals surface area contributed by atoms with E-state index in [1.54, 1.807) is 12.0 Å². The van der Waals surface area contributed by atoms with Crippen LogP contribution in [0, 0.1) is 6.92 Å². The van der Waals surface area contributed by atoms with Crippen molar-refractivity contribution in [1.29, 1.82) is 0 Å². The van der Waals surface area contributed by atoms with Crippen molar-refractivity contribution in [1.82, 2.24) is 15.1 Å². The topological polar surface area (TPSA) is 94.2 Å². The van der Waals surface area contributed by atoms with Crippen molar-refractivity contribution in [2.45, 2.75) is 19.4 Å². The van der Waals surface area contributed by atoms with Gasteiger partial charge in [-0.1, -0.05) is 18.2 Å². The van der Waals surface area contributed by atoms with Gasteiger partial charge in [0.1, 0.15) is 11.8 Å². The quantitative estimate of drug-likeness (QED) is 0.625. The highest BCUT2D eigenvalue weighted by molar-refractivity contribution is 5.98. The van der Waals surface area contributed by atoms with E-state index in [2.05, 4.69) is 20.4 Å². The zero-order valence-electron chi connectivity index (χ0n) is 20.3. The predicted molar refractivity (Wildman–Crippen MR) is 135 cm³/mol. The molecule has 1 atom stereocenters.